The molecule has 2 aromatic heterocycles. The quantitative estimate of drug-likeness (QED) is 0.807. The lowest BCUT2D eigenvalue weighted by Gasteiger charge is -2.05. The number of thiophene rings is 2. The van der Waals surface area contributed by atoms with Crippen molar-refractivity contribution in [3.8, 4) is 0 Å². The predicted molar refractivity (Wildman–Crippen MR) is 59.4 cm³/mol. The molecule has 1 unspecified atom stereocenters. The maximum absolute atomic E-state index is 6.09. The molecule has 0 aliphatic heterocycles. The molecule has 13 heavy (non-hydrogen) atoms. The van der Waals surface area contributed by atoms with Crippen LogP contribution in [-0.2, 0) is 0 Å². The minimum Gasteiger partial charge on any atom is -0.319 e. The van der Waals surface area contributed by atoms with Crippen LogP contribution < -0.4 is 5.73 Å². The predicted octanol–water partition coefficient (Wildman–Crippen LogP) is 3.17. The van der Waals surface area contributed by atoms with Gasteiger partial charge in [-0.15, -0.1) is 22.7 Å². The van der Waals surface area contributed by atoms with Crippen molar-refractivity contribution in [2.45, 2.75) is 13.0 Å². The van der Waals surface area contributed by atoms with E-state index in [1.165, 1.54) is 14.6 Å². The third kappa shape index (κ3) is 1.82. The number of nitrogens with two attached hydrogens (primary N) is 1. The van der Waals surface area contributed by atoms with Gasteiger partial charge in [0.2, 0.25) is 0 Å². The van der Waals surface area contributed by atoms with Crippen LogP contribution in [-0.4, -0.2) is 0 Å². The summed E-state index contributed by atoms with van der Waals surface area (Å²) < 4.78 is 0. The summed E-state index contributed by atoms with van der Waals surface area (Å²) in [6.07, 6.45) is 0. The fraction of sp³-hybridized carbons (Fsp3) is 0.200. The normalized spacial score (nSPS) is 13.1. The third-order valence-electron chi connectivity index (χ3n) is 1.92. The van der Waals surface area contributed by atoms with Gasteiger partial charge >= 0.3 is 0 Å². The van der Waals surface area contributed by atoms with Crippen LogP contribution in [0.2, 0.25) is 0 Å². The summed E-state index contributed by atoms with van der Waals surface area (Å²) >= 11 is 3.49. The lowest BCUT2D eigenvalue weighted by atomic mass is 10.2. The average Bonchev–Trinajstić information content (AvgIpc) is 2.72. The molecular weight excluding hydrogens is 198 g/mol. The summed E-state index contributed by atoms with van der Waals surface area (Å²) in [4.78, 5) is 3.81. The van der Waals surface area contributed by atoms with Crippen LogP contribution >= 0.6 is 22.7 Å². The molecule has 0 aliphatic rings. The van der Waals surface area contributed by atoms with Crippen molar-refractivity contribution in [3.63, 3.8) is 0 Å². The van der Waals surface area contributed by atoms with Gasteiger partial charge in [0.1, 0.15) is 0 Å². The van der Waals surface area contributed by atoms with Crippen molar-refractivity contribution in [1.29, 1.82) is 0 Å². The first kappa shape index (κ1) is 8.94. The fourth-order valence-electron chi connectivity index (χ4n) is 1.23. The van der Waals surface area contributed by atoms with Gasteiger partial charge in [-0.05, 0) is 30.5 Å². The first-order valence-electron chi connectivity index (χ1n) is 4.12. The van der Waals surface area contributed by atoms with Crippen LogP contribution in [0.3, 0.4) is 0 Å². The van der Waals surface area contributed by atoms with E-state index >= 15 is 0 Å². The molecule has 1 nitrogen and oxygen atoms in total. The summed E-state index contributed by atoms with van der Waals surface area (Å²) in [7, 11) is 0. The van der Waals surface area contributed by atoms with Crippen LogP contribution in [0.15, 0.2) is 29.6 Å². The topological polar surface area (TPSA) is 26.0 Å². The largest absolute Gasteiger partial charge is 0.319 e. The monoisotopic (exact) mass is 209 g/mol. The van der Waals surface area contributed by atoms with Gasteiger partial charge in [-0.25, -0.2) is 0 Å². The summed E-state index contributed by atoms with van der Waals surface area (Å²) in [5.41, 5.74) is 6.09. The Balaban J connectivity index is 2.28. The highest BCUT2D eigenvalue weighted by Crippen LogP contribution is 2.28. The number of aryl methyl sites for hydroxylation is 1. The minimum absolute atomic E-state index is 0.0682. The Labute approximate surface area is 85.8 Å². The van der Waals surface area contributed by atoms with E-state index in [0.717, 1.165) is 0 Å². The summed E-state index contributed by atoms with van der Waals surface area (Å²) in [5.74, 6) is 0. The minimum atomic E-state index is 0.0682. The second-order valence-electron chi connectivity index (χ2n) is 2.94. The molecule has 3 heteroatoms. The lowest BCUT2D eigenvalue weighted by molar-refractivity contribution is 0.917. The highest BCUT2D eigenvalue weighted by molar-refractivity contribution is 7.12. The van der Waals surface area contributed by atoms with Gasteiger partial charge in [0.15, 0.2) is 0 Å². The molecular formula is C10H11NS2. The molecule has 0 saturated carbocycles. The Hall–Kier alpha value is -0.640. The van der Waals surface area contributed by atoms with E-state index in [1.807, 2.05) is 6.07 Å². The Morgan fingerprint density at radius 2 is 2.08 bits per heavy atom. The average molecular weight is 209 g/mol. The van der Waals surface area contributed by atoms with Crippen LogP contribution in [0, 0.1) is 6.92 Å². The molecule has 0 saturated heterocycles. The van der Waals surface area contributed by atoms with Crippen LogP contribution in [0.5, 0.6) is 0 Å². The van der Waals surface area contributed by atoms with E-state index in [4.69, 9.17) is 5.73 Å². The number of hydrogen-bond acceptors (Lipinski definition) is 3. The number of rotatable bonds is 2. The van der Waals surface area contributed by atoms with Crippen LogP contribution in [0.25, 0.3) is 0 Å². The zero-order chi connectivity index (χ0) is 9.26. The van der Waals surface area contributed by atoms with Gasteiger partial charge in [-0.3, -0.25) is 0 Å². The molecule has 2 aromatic rings. The molecule has 0 aliphatic carbocycles. The van der Waals surface area contributed by atoms with E-state index in [1.54, 1.807) is 22.7 Å². The maximum atomic E-state index is 6.09. The Morgan fingerprint density at radius 1 is 1.23 bits per heavy atom. The van der Waals surface area contributed by atoms with Gasteiger partial charge < -0.3 is 5.73 Å². The van der Waals surface area contributed by atoms with E-state index in [9.17, 15) is 0 Å². The SMILES string of the molecule is Cc1ccc(C(N)c2cccs2)s1. The van der Waals surface area contributed by atoms with Gasteiger partial charge in [0.05, 0.1) is 6.04 Å². The standard InChI is InChI=1S/C10H11NS2/c1-7-4-5-9(13-7)10(11)8-3-2-6-12-8/h2-6,10H,11H2,1H3. The van der Waals surface area contributed by atoms with E-state index in [2.05, 4.69) is 30.5 Å². The zero-order valence-corrected chi connectivity index (χ0v) is 8.99. The van der Waals surface area contributed by atoms with Crippen molar-refractivity contribution in [3.05, 3.63) is 44.3 Å². The van der Waals surface area contributed by atoms with E-state index < -0.39 is 0 Å². The first-order valence-corrected chi connectivity index (χ1v) is 5.82. The molecule has 68 valence electrons. The Kier molecular flexibility index (Phi) is 2.49. The highest BCUT2D eigenvalue weighted by Gasteiger charge is 2.10. The van der Waals surface area contributed by atoms with Gasteiger partial charge in [0.25, 0.3) is 0 Å². The van der Waals surface area contributed by atoms with Crippen molar-refractivity contribution < 1.29 is 0 Å². The molecule has 2 N–H and O–H groups in total. The lowest BCUT2D eigenvalue weighted by Crippen LogP contribution is -2.07. The van der Waals surface area contributed by atoms with E-state index in [-0.39, 0.29) is 6.04 Å². The second kappa shape index (κ2) is 3.62. The van der Waals surface area contributed by atoms with Crippen molar-refractivity contribution in [1.82, 2.24) is 0 Å². The highest BCUT2D eigenvalue weighted by atomic mass is 32.1. The van der Waals surface area contributed by atoms with E-state index in [0.29, 0.717) is 0 Å². The number of hydrogen-bond donors (Lipinski definition) is 1. The Bertz CT molecular complexity index is 375. The molecule has 2 rings (SSSR count). The molecule has 0 fully saturated rings. The zero-order valence-electron chi connectivity index (χ0n) is 7.36. The van der Waals surface area contributed by atoms with Crippen molar-refractivity contribution in [2.75, 3.05) is 0 Å². The van der Waals surface area contributed by atoms with Gasteiger partial charge in [-0.2, -0.15) is 0 Å². The molecule has 0 amide bonds. The summed E-state index contributed by atoms with van der Waals surface area (Å²) in [5, 5.41) is 2.07. The fourth-order valence-corrected chi connectivity index (χ4v) is 2.95. The summed E-state index contributed by atoms with van der Waals surface area (Å²) in [6.45, 7) is 2.11. The van der Waals surface area contributed by atoms with Crippen LogP contribution in [0.4, 0.5) is 0 Å². The maximum Gasteiger partial charge on any atom is 0.0740 e. The van der Waals surface area contributed by atoms with Gasteiger partial charge in [0, 0.05) is 14.6 Å². The van der Waals surface area contributed by atoms with Crippen molar-refractivity contribution >= 4 is 22.7 Å². The molecule has 0 radical (unpaired) electrons. The smallest absolute Gasteiger partial charge is 0.0740 e. The summed E-state index contributed by atoms with van der Waals surface area (Å²) in [6, 6.07) is 8.43. The second-order valence-corrected chi connectivity index (χ2v) is 5.24. The molecule has 0 bridgehead atoms. The molecule has 1 atom stereocenters. The molecule has 0 spiro atoms. The van der Waals surface area contributed by atoms with Crippen LogP contribution in [0.1, 0.15) is 20.7 Å². The van der Waals surface area contributed by atoms with Crippen molar-refractivity contribution in [2.24, 2.45) is 5.73 Å². The Morgan fingerprint density at radius 3 is 2.62 bits per heavy atom. The molecule has 0 aromatic carbocycles. The first-order chi connectivity index (χ1) is 6.27. The van der Waals surface area contributed by atoms with Gasteiger partial charge in [-0.1, -0.05) is 6.07 Å². The molecule has 2 heterocycles. The third-order valence-corrected chi connectivity index (χ3v) is 3.96.